The second-order valence-corrected chi connectivity index (χ2v) is 8.21. The minimum atomic E-state index is -0.527. The zero-order valence-corrected chi connectivity index (χ0v) is 17.1. The number of hydrogen-bond donors (Lipinski definition) is 1. The Kier molecular flexibility index (Phi) is 6.19. The van der Waals surface area contributed by atoms with Crippen LogP contribution < -0.4 is 10.2 Å². The van der Waals surface area contributed by atoms with Crippen molar-refractivity contribution in [2.75, 3.05) is 16.0 Å². The number of hydrogen-bond acceptors (Lipinski definition) is 4. The molecule has 2 aromatic rings. The molecule has 146 valence electrons. The van der Waals surface area contributed by atoms with Gasteiger partial charge in [-0.15, -0.1) is 11.8 Å². The Morgan fingerprint density at radius 1 is 1.14 bits per heavy atom. The van der Waals surface area contributed by atoms with Gasteiger partial charge < -0.3 is 5.32 Å². The fraction of sp³-hybridized carbons (Fsp3) is 0.318. The molecule has 0 bridgehead atoms. The molecule has 1 N–H and O–H groups in total. The quantitative estimate of drug-likeness (QED) is 0.753. The maximum Gasteiger partial charge on any atom is 0.247 e. The van der Waals surface area contributed by atoms with Crippen molar-refractivity contribution < 1.29 is 14.4 Å². The van der Waals surface area contributed by atoms with Crippen LogP contribution in [0.25, 0.3) is 0 Å². The first-order valence-corrected chi connectivity index (χ1v) is 10.4. The SMILES string of the molecule is CCc1cccc(NC(=O)CSC2CC(=O)N(c3cc(C)cc(C)c3)C2=O)c1. The summed E-state index contributed by atoms with van der Waals surface area (Å²) in [6.45, 7) is 5.93. The Labute approximate surface area is 169 Å². The third-order valence-electron chi connectivity index (χ3n) is 4.60. The number of aryl methyl sites for hydroxylation is 3. The average molecular weight is 397 g/mol. The van der Waals surface area contributed by atoms with E-state index >= 15 is 0 Å². The largest absolute Gasteiger partial charge is 0.325 e. The van der Waals surface area contributed by atoms with Crippen molar-refractivity contribution in [2.45, 2.75) is 38.9 Å². The lowest BCUT2D eigenvalue weighted by molar-refractivity contribution is -0.121. The summed E-state index contributed by atoms with van der Waals surface area (Å²) in [5.74, 6) is -0.520. The molecule has 0 spiro atoms. The van der Waals surface area contributed by atoms with Gasteiger partial charge in [-0.3, -0.25) is 14.4 Å². The Morgan fingerprint density at radius 3 is 2.54 bits per heavy atom. The van der Waals surface area contributed by atoms with E-state index in [9.17, 15) is 14.4 Å². The van der Waals surface area contributed by atoms with Crippen molar-refractivity contribution in [3.63, 3.8) is 0 Å². The smallest absolute Gasteiger partial charge is 0.247 e. The van der Waals surface area contributed by atoms with Gasteiger partial charge in [0.05, 0.1) is 16.7 Å². The number of benzene rings is 2. The third-order valence-corrected chi connectivity index (χ3v) is 5.80. The molecule has 3 amide bonds. The first-order chi connectivity index (χ1) is 13.4. The predicted molar refractivity (Wildman–Crippen MR) is 114 cm³/mol. The van der Waals surface area contributed by atoms with Crippen molar-refractivity contribution in [3.05, 3.63) is 59.2 Å². The number of anilines is 2. The topological polar surface area (TPSA) is 66.5 Å². The van der Waals surface area contributed by atoms with Crippen molar-refractivity contribution in [2.24, 2.45) is 0 Å². The lowest BCUT2D eigenvalue weighted by Gasteiger charge is -2.16. The predicted octanol–water partition coefficient (Wildman–Crippen LogP) is 3.87. The summed E-state index contributed by atoms with van der Waals surface area (Å²) in [5.41, 5.74) is 4.50. The Hall–Kier alpha value is -2.60. The molecule has 0 aliphatic carbocycles. The Morgan fingerprint density at radius 2 is 1.86 bits per heavy atom. The summed E-state index contributed by atoms with van der Waals surface area (Å²) in [6, 6.07) is 13.4. The molecule has 1 unspecified atom stereocenters. The fourth-order valence-electron chi connectivity index (χ4n) is 3.33. The summed E-state index contributed by atoms with van der Waals surface area (Å²) < 4.78 is 0. The van der Waals surface area contributed by atoms with E-state index in [2.05, 4.69) is 12.2 Å². The van der Waals surface area contributed by atoms with Gasteiger partial charge >= 0.3 is 0 Å². The van der Waals surface area contributed by atoms with Crippen LogP contribution in [0.5, 0.6) is 0 Å². The normalized spacial score (nSPS) is 16.5. The Balaban J connectivity index is 1.61. The van der Waals surface area contributed by atoms with Crippen LogP contribution in [0.2, 0.25) is 0 Å². The van der Waals surface area contributed by atoms with Crippen LogP contribution >= 0.6 is 11.8 Å². The van der Waals surface area contributed by atoms with Crippen molar-refractivity contribution in [3.8, 4) is 0 Å². The first kappa shape index (κ1) is 20.1. The summed E-state index contributed by atoms with van der Waals surface area (Å²) in [5, 5.41) is 2.33. The van der Waals surface area contributed by atoms with Crippen LogP contribution in [0.1, 0.15) is 30.0 Å². The second-order valence-electron chi connectivity index (χ2n) is 7.02. The highest BCUT2D eigenvalue weighted by molar-refractivity contribution is 8.01. The summed E-state index contributed by atoms with van der Waals surface area (Å²) >= 11 is 1.22. The summed E-state index contributed by atoms with van der Waals surface area (Å²) in [4.78, 5) is 38.7. The molecular weight excluding hydrogens is 372 g/mol. The van der Waals surface area contributed by atoms with E-state index in [1.165, 1.54) is 16.7 Å². The Bertz CT molecular complexity index is 905. The molecule has 1 saturated heterocycles. The number of carbonyl (C=O) groups excluding carboxylic acids is 3. The monoisotopic (exact) mass is 396 g/mol. The van der Waals surface area contributed by atoms with E-state index in [-0.39, 0.29) is 29.9 Å². The molecule has 1 aliphatic rings. The van der Waals surface area contributed by atoms with E-state index in [0.29, 0.717) is 5.69 Å². The summed E-state index contributed by atoms with van der Waals surface area (Å²) in [6.07, 6.45) is 1.01. The van der Waals surface area contributed by atoms with Gasteiger partial charge in [-0.05, 0) is 61.2 Å². The molecule has 0 saturated carbocycles. The van der Waals surface area contributed by atoms with E-state index in [1.807, 2.05) is 56.3 Å². The van der Waals surface area contributed by atoms with Crippen LogP contribution in [0.3, 0.4) is 0 Å². The first-order valence-electron chi connectivity index (χ1n) is 9.33. The van der Waals surface area contributed by atoms with Gasteiger partial charge in [0.25, 0.3) is 0 Å². The number of nitrogens with one attached hydrogen (secondary N) is 1. The number of imide groups is 1. The highest BCUT2D eigenvalue weighted by Gasteiger charge is 2.40. The van der Waals surface area contributed by atoms with E-state index < -0.39 is 5.25 Å². The van der Waals surface area contributed by atoms with E-state index in [1.54, 1.807) is 0 Å². The van der Waals surface area contributed by atoms with Crippen molar-refractivity contribution in [1.29, 1.82) is 0 Å². The number of amides is 3. The molecule has 1 fully saturated rings. The highest BCUT2D eigenvalue weighted by Crippen LogP contribution is 2.30. The number of thioether (sulfide) groups is 1. The third kappa shape index (κ3) is 4.62. The van der Waals surface area contributed by atoms with Gasteiger partial charge in [0.2, 0.25) is 17.7 Å². The highest BCUT2D eigenvalue weighted by atomic mass is 32.2. The molecule has 0 aromatic heterocycles. The fourth-order valence-corrected chi connectivity index (χ4v) is 4.26. The number of rotatable bonds is 6. The lowest BCUT2D eigenvalue weighted by Crippen LogP contribution is -2.31. The zero-order valence-electron chi connectivity index (χ0n) is 16.3. The van der Waals surface area contributed by atoms with Crippen molar-refractivity contribution in [1.82, 2.24) is 0 Å². The molecule has 5 nitrogen and oxygen atoms in total. The van der Waals surface area contributed by atoms with Gasteiger partial charge in [-0.2, -0.15) is 0 Å². The van der Waals surface area contributed by atoms with Gasteiger partial charge in [0, 0.05) is 12.1 Å². The molecule has 2 aromatic carbocycles. The molecular formula is C22H24N2O3S. The lowest BCUT2D eigenvalue weighted by atomic mass is 10.1. The van der Waals surface area contributed by atoms with Crippen molar-refractivity contribution >= 4 is 40.9 Å². The molecule has 0 radical (unpaired) electrons. The maximum absolute atomic E-state index is 12.7. The minimum Gasteiger partial charge on any atom is -0.325 e. The molecule has 1 aliphatic heterocycles. The van der Waals surface area contributed by atoms with Crippen LogP contribution in [-0.4, -0.2) is 28.7 Å². The summed E-state index contributed by atoms with van der Waals surface area (Å²) in [7, 11) is 0. The number of carbonyl (C=O) groups is 3. The minimum absolute atomic E-state index is 0.120. The van der Waals surface area contributed by atoms with E-state index in [4.69, 9.17) is 0 Å². The van der Waals surface area contributed by atoms with E-state index in [0.717, 1.165) is 28.8 Å². The molecule has 1 atom stereocenters. The zero-order chi connectivity index (χ0) is 20.3. The van der Waals surface area contributed by atoms with Gasteiger partial charge in [-0.1, -0.05) is 25.1 Å². The average Bonchev–Trinajstić information content (AvgIpc) is 2.93. The maximum atomic E-state index is 12.7. The molecule has 28 heavy (non-hydrogen) atoms. The molecule has 3 rings (SSSR count). The van der Waals surface area contributed by atoms with Gasteiger partial charge in [-0.25, -0.2) is 4.90 Å². The van der Waals surface area contributed by atoms with Crippen LogP contribution in [-0.2, 0) is 20.8 Å². The van der Waals surface area contributed by atoms with Crippen LogP contribution in [0.15, 0.2) is 42.5 Å². The van der Waals surface area contributed by atoms with Gasteiger partial charge in [0.15, 0.2) is 0 Å². The number of nitrogens with zero attached hydrogens (tertiary/aromatic N) is 1. The van der Waals surface area contributed by atoms with Gasteiger partial charge in [0.1, 0.15) is 0 Å². The van der Waals surface area contributed by atoms with Crippen LogP contribution in [0.4, 0.5) is 11.4 Å². The second kappa shape index (κ2) is 8.61. The molecule has 1 heterocycles. The molecule has 6 heteroatoms. The van der Waals surface area contributed by atoms with Crippen LogP contribution in [0, 0.1) is 13.8 Å². The standard InChI is InChI=1S/C22H24N2O3S/c1-4-16-6-5-7-17(11-16)23-20(25)13-28-19-12-21(26)24(22(19)27)18-9-14(2)8-15(3)10-18/h5-11,19H,4,12-13H2,1-3H3,(H,23,25).